The maximum Gasteiger partial charge on any atom is 0.318 e. The number of nitriles is 1. The van der Waals surface area contributed by atoms with Crippen molar-refractivity contribution in [1.29, 1.82) is 5.26 Å². The van der Waals surface area contributed by atoms with Gasteiger partial charge in [-0.15, -0.1) is 0 Å². The van der Waals surface area contributed by atoms with Gasteiger partial charge in [-0.05, 0) is 43.6 Å². The Labute approximate surface area is 114 Å². The Morgan fingerprint density at radius 1 is 1.37 bits per heavy atom. The summed E-state index contributed by atoms with van der Waals surface area (Å²) in [6, 6.07) is 4.05. The van der Waals surface area contributed by atoms with Crippen molar-refractivity contribution in [3.8, 4) is 12.1 Å². The van der Waals surface area contributed by atoms with Gasteiger partial charge in [0.2, 0.25) is 0 Å². The summed E-state index contributed by atoms with van der Waals surface area (Å²) in [6.45, 7) is 8.66. The highest BCUT2D eigenvalue weighted by molar-refractivity contribution is 5.23. The highest BCUT2D eigenvalue weighted by atomic mass is 16.5. The predicted molar refractivity (Wildman–Crippen MR) is 72.7 cm³/mol. The Morgan fingerprint density at radius 2 is 2.11 bits per heavy atom. The van der Waals surface area contributed by atoms with Crippen molar-refractivity contribution in [2.45, 2.75) is 53.1 Å². The molecule has 1 fully saturated rings. The van der Waals surface area contributed by atoms with Crippen LogP contribution < -0.4 is 4.74 Å². The Hall–Kier alpha value is -1.63. The van der Waals surface area contributed by atoms with Crippen LogP contribution in [0, 0.1) is 29.6 Å². The van der Waals surface area contributed by atoms with Gasteiger partial charge in [-0.25, -0.2) is 4.98 Å². The SMILES string of the molecule is Cc1cc(C#N)nc(OC2CC(C)CC(C)(C)C2)n1. The van der Waals surface area contributed by atoms with E-state index in [1.807, 2.05) is 13.0 Å². The lowest BCUT2D eigenvalue weighted by Gasteiger charge is -2.38. The molecule has 4 heteroatoms. The molecule has 1 aromatic heterocycles. The van der Waals surface area contributed by atoms with Gasteiger partial charge in [-0.1, -0.05) is 20.8 Å². The largest absolute Gasteiger partial charge is 0.460 e. The standard InChI is InChI=1S/C15H21N3O/c1-10-5-13(8-15(3,4)7-10)19-14-17-11(2)6-12(9-16)18-14/h6,10,13H,5,7-8H2,1-4H3. The van der Waals surface area contributed by atoms with E-state index >= 15 is 0 Å². The zero-order valence-electron chi connectivity index (χ0n) is 12.1. The molecule has 0 aromatic carbocycles. The molecular formula is C15H21N3O. The average molecular weight is 259 g/mol. The van der Waals surface area contributed by atoms with Crippen LogP contribution in [0.25, 0.3) is 0 Å². The van der Waals surface area contributed by atoms with E-state index in [0.29, 0.717) is 23.0 Å². The molecule has 19 heavy (non-hydrogen) atoms. The second-order valence-electron chi connectivity index (χ2n) is 6.44. The van der Waals surface area contributed by atoms with E-state index < -0.39 is 0 Å². The van der Waals surface area contributed by atoms with E-state index in [4.69, 9.17) is 10.00 Å². The van der Waals surface area contributed by atoms with Crippen molar-refractivity contribution in [2.75, 3.05) is 0 Å². The first-order valence-electron chi connectivity index (χ1n) is 6.80. The molecule has 1 heterocycles. The number of aromatic nitrogens is 2. The first kappa shape index (κ1) is 13.8. The van der Waals surface area contributed by atoms with Gasteiger partial charge in [-0.3, -0.25) is 0 Å². The summed E-state index contributed by atoms with van der Waals surface area (Å²) in [5.74, 6) is 0.647. The number of hydrogen-bond acceptors (Lipinski definition) is 4. The van der Waals surface area contributed by atoms with E-state index in [1.165, 1.54) is 6.42 Å². The van der Waals surface area contributed by atoms with Crippen LogP contribution in [0.4, 0.5) is 0 Å². The molecule has 0 aliphatic heterocycles. The Morgan fingerprint density at radius 3 is 2.74 bits per heavy atom. The maximum absolute atomic E-state index is 8.92. The van der Waals surface area contributed by atoms with Crippen LogP contribution in [-0.2, 0) is 0 Å². The van der Waals surface area contributed by atoms with Gasteiger partial charge in [0.25, 0.3) is 0 Å². The van der Waals surface area contributed by atoms with Gasteiger partial charge in [-0.2, -0.15) is 10.2 Å². The van der Waals surface area contributed by atoms with Crippen LogP contribution in [0.2, 0.25) is 0 Å². The van der Waals surface area contributed by atoms with E-state index in [2.05, 4.69) is 30.7 Å². The van der Waals surface area contributed by atoms with Crippen LogP contribution in [0.5, 0.6) is 6.01 Å². The lowest BCUT2D eigenvalue weighted by Crippen LogP contribution is -2.34. The lowest BCUT2D eigenvalue weighted by atomic mass is 9.71. The molecule has 1 aromatic rings. The molecule has 2 atom stereocenters. The third-order valence-electron chi connectivity index (χ3n) is 3.57. The highest BCUT2D eigenvalue weighted by Crippen LogP contribution is 2.39. The lowest BCUT2D eigenvalue weighted by molar-refractivity contribution is 0.0498. The summed E-state index contributed by atoms with van der Waals surface area (Å²) in [5.41, 5.74) is 1.43. The molecule has 0 N–H and O–H groups in total. The van der Waals surface area contributed by atoms with E-state index in [-0.39, 0.29) is 6.10 Å². The first-order valence-corrected chi connectivity index (χ1v) is 6.80. The fourth-order valence-corrected chi connectivity index (χ4v) is 3.15. The Kier molecular flexibility index (Phi) is 3.75. The normalized spacial score (nSPS) is 25.6. The van der Waals surface area contributed by atoms with Crippen LogP contribution in [0.15, 0.2) is 6.07 Å². The summed E-state index contributed by atoms with van der Waals surface area (Å²) >= 11 is 0. The number of hydrogen-bond donors (Lipinski definition) is 0. The molecule has 1 aliphatic rings. The van der Waals surface area contributed by atoms with Crippen LogP contribution in [0.1, 0.15) is 51.4 Å². The summed E-state index contributed by atoms with van der Waals surface area (Å²) in [5, 5.41) is 8.92. The summed E-state index contributed by atoms with van der Waals surface area (Å²) in [4.78, 5) is 8.39. The molecule has 0 saturated heterocycles. The quantitative estimate of drug-likeness (QED) is 0.818. The maximum atomic E-state index is 8.92. The number of ether oxygens (including phenoxy) is 1. The zero-order valence-corrected chi connectivity index (χ0v) is 12.1. The smallest absolute Gasteiger partial charge is 0.318 e. The van der Waals surface area contributed by atoms with Crippen molar-refractivity contribution < 1.29 is 4.74 Å². The molecule has 1 saturated carbocycles. The molecule has 2 rings (SSSR count). The van der Waals surface area contributed by atoms with Crippen molar-refractivity contribution >= 4 is 0 Å². The molecule has 4 nitrogen and oxygen atoms in total. The minimum atomic E-state index is 0.145. The summed E-state index contributed by atoms with van der Waals surface area (Å²) in [6.07, 6.45) is 3.41. The molecule has 2 unspecified atom stereocenters. The van der Waals surface area contributed by atoms with Gasteiger partial charge in [0.05, 0.1) is 0 Å². The number of rotatable bonds is 2. The van der Waals surface area contributed by atoms with Crippen LogP contribution in [-0.4, -0.2) is 16.1 Å². The minimum Gasteiger partial charge on any atom is -0.460 e. The van der Waals surface area contributed by atoms with E-state index in [1.54, 1.807) is 6.07 Å². The number of aryl methyl sites for hydroxylation is 1. The number of nitrogens with zero attached hydrogens (tertiary/aromatic N) is 3. The van der Waals surface area contributed by atoms with Gasteiger partial charge in [0.1, 0.15) is 17.9 Å². The average Bonchev–Trinajstić information content (AvgIpc) is 2.24. The van der Waals surface area contributed by atoms with Crippen molar-refractivity contribution in [3.63, 3.8) is 0 Å². The van der Waals surface area contributed by atoms with E-state index in [9.17, 15) is 0 Å². The van der Waals surface area contributed by atoms with Gasteiger partial charge >= 0.3 is 6.01 Å². The van der Waals surface area contributed by atoms with Crippen molar-refractivity contribution in [1.82, 2.24) is 9.97 Å². The molecule has 0 radical (unpaired) electrons. The topological polar surface area (TPSA) is 58.8 Å². The molecule has 0 bridgehead atoms. The minimum absolute atomic E-state index is 0.145. The van der Waals surface area contributed by atoms with Crippen LogP contribution in [0.3, 0.4) is 0 Å². The van der Waals surface area contributed by atoms with Crippen molar-refractivity contribution in [2.24, 2.45) is 11.3 Å². The molecular weight excluding hydrogens is 238 g/mol. The summed E-state index contributed by atoms with van der Waals surface area (Å²) in [7, 11) is 0. The first-order chi connectivity index (χ1) is 8.88. The Balaban J connectivity index is 2.13. The highest BCUT2D eigenvalue weighted by Gasteiger charge is 2.33. The predicted octanol–water partition coefficient (Wildman–Crippen LogP) is 3.25. The van der Waals surface area contributed by atoms with Gasteiger partial charge < -0.3 is 4.74 Å². The van der Waals surface area contributed by atoms with E-state index in [0.717, 1.165) is 18.5 Å². The molecule has 102 valence electrons. The van der Waals surface area contributed by atoms with Crippen molar-refractivity contribution in [3.05, 3.63) is 17.5 Å². The fraction of sp³-hybridized carbons (Fsp3) is 0.667. The molecule has 1 aliphatic carbocycles. The van der Waals surface area contributed by atoms with Gasteiger partial charge in [0.15, 0.2) is 0 Å². The fourth-order valence-electron chi connectivity index (χ4n) is 3.15. The zero-order chi connectivity index (χ0) is 14.0. The molecule has 0 spiro atoms. The van der Waals surface area contributed by atoms with Crippen LogP contribution >= 0.6 is 0 Å². The molecule has 0 amide bonds. The third kappa shape index (κ3) is 3.66. The second-order valence-corrected chi connectivity index (χ2v) is 6.44. The van der Waals surface area contributed by atoms with Gasteiger partial charge in [0, 0.05) is 5.69 Å². The summed E-state index contributed by atoms with van der Waals surface area (Å²) < 4.78 is 5.91. The third-order valence-corrected chi connectivity index (χ3v) is 3.57. The Bertz CT molecular complexity index is 505. The monoisotopic (exact) mass is 259 g/mol. The second kappa shape index (κ2) is 5.16.